The Morgan fingerprint density at radius 3 is 2.50 bits per heavy atom. The van der Waals surface area contributed by atoms with Gasteiger partial charge in [-0.2, -0.15) is 0 Å². The molecule has 80 valence electrons. The first-order valence-electron chi connectivity index (χ1n) is 5.59. The molecule has 0 saturated heterocycles. The van der Waals surface area contributed by atoms with E-state index < -0.39 is 0 Å². The van der Waals surface area contributed by atoms with Crippen LogP contribution in [-0.2, 0) is 0 Å². The lowest BCUT2D eigenvalue weighted by atomic mass is 9.77. The highest BCUT2D eigenvalue weighted by Crippen LogP contribution is 2.33. The van der Waals surface area contributed by atoms with Crippen LogP contribution in [0.1, 0.15) is 47.5 Å². The molecule has 0 N–H and O–H groups in total. The fourth-order valence-corrected chi connectivity index (χ4v) is 2.10. The van der Waals surface area contributed by atoms with Crippen molar-refractivity contribution in [3.63, 3.8) is 0 Å². The summed E-state index contributed by atoms with van der Waals surface area (Å²) in [4.78, 5) is 4.67. The molecular weight excluding hydrogens is 170 g/mol. The topological polar surface area (TPSA) is 12.4 Å². The first kappa shape index (κ1) is 11.5. The Bertz CT molecular complexity index is 256. The molecular formula is C13H23N. The first-order chi connectivity index (χ1) is 6.39. The highest BCUT2D eigenvalue weighted by atomic mass is 14.7. The van der Waals surface area contributed by atoms with Gasteiger partial charge in [0.05, 0.1) is 0 Å². The molecule has 0 aromatic carbocycles. The molecule has 0 spiro atoms. The molecule has 0 saturated carbocycles. The third-order valence-electron chi connectivity index (χ3n) is 2.49. The maximum atomic E-state index is 4.67. The minimum atomic E-state index is 0.411. The Morgan fingerprint density at radius 2 is 2.00 bits per heavy atom. The van der Waals surface area contributed by atoms with Gasteiger partial charge in [0.25, 0.3) is 0 Å². The van der Waals surface area contributed by atoms with E-state index in [0.717, 1.165) is 13.0 Å². The molecule has 0 amide bonds. The van der Waals surface area contributed by atoms with Crippen molar-refractivity contribution in [3.05, 3.63) is 11.6 Å². The number of nitrogens with zero attached hydrogens (tertiary/aromatic N) is 1. The molecule has 0 radical (unpaired) electrons. The number of aliphatic imine (C=N–C) groups is 1. The van der Waals surface area contributed by atoms with Gasteiger partial charge in [-0.05, 0) is 37.2 Å². The van der Waals surface area contributed by atoms with Crippen LogP contribution in [0.4, 0.5) is 0 Å². The van der Waals surface area contributed by atoms with Crippen molar-refractivity contribution in [1.29, 1.82) is 0 Å². The largest absolute Gasteiger partial charge is 0.289 e. The van der Waals surface area contributed by atoms with Gasteiger partial charge in [0.2, 0.25) is 0 Å². The van der Waals surface area contributed by atoms with Crippen molar-refractivity contribution in [3.8, 4) is 0 Å². The van der Waals surface area contributed by atoms with Gasteiger partial charge < -0.3 is 0 Å². The molecule has 1 heteroatoms. The second-order valence-electron chi connectivity index (χ2n) is 5.73. The Kier molecular flexibility index (Phi) is 3.52. The van der Waals surface area contributed by atoms with Gasteiger partial charge in [-0.15, -0.1) is 0 Å². The van der Waals surface area contributed by atoms with Crippen molar-refractivity contribution in [2.45, 2.75) is 47.5 Å². The summed E-state index contributed by atoms with van der Waals surface area (Å²) in [5.41, 5.74) is 3.19. The molecule has 0 aromatic heterocycles. The molecule has 0 aliphatic heterocycles. The molecule has 0 aromatic rings. The zero-order valence-corrected chi connectivity index (χ0v) is 10.2. The van der Waals surface area contributed by atoms with E-state index in [1.165, 1.54) is 17.7 Å². The van der Waals surface area contributed by atoms with E-state index >= 15 is 0 Å². The van der Waals surface area contributed by atoms with Gasteiger partial charge in [-0.3, -0.25) is 4.99 Å². The summed E-state index contributed by atoms with van der Waals surface area (Å²) in [6, 6.07) is 0. The highest BCUT2D eigenvalue weighted by Gasteiger charge is 2.24. The minimum Gasteiger partial charge on any atom is -0.289 e. The van der Waals surface area contributed by atoms with E-state index in [0.29, 0.717) is 11.3 Å². The van der Waals surface area contributed by atoms with Crippen LogP contribution in [0.15, 0.2) is 16.6 Å². The quantitative estimate of drug-likeness (QED) is 0.631. The van der Waals surface area contributed by atoms with Crippen LogP contribution in [0.3, 0.4) is 0 Å². The molecule has 14 heavy (non-hydrogen) atoms. The predicted octanol–water partition coefficient (Wildman–Crippen LogP) is 3.85. The van der Waals surface area contributed by atoms with Crippen LogP contribution < -0.4 is 0 Å². The Hall–Kier alpha value is -0.590. The summed E-state index contributed by atoms with van der Waals surface area (Å²) in [7, 11) is 0. The van der Waals surface area contributed by atoms with Crippen molar-refractivity contribution < 1.29 is 0 Å². The lowest BCUT2D eigenvalue weighted by molar-refractivity contribution is 0.373. The van der Waals surface area contributed by atoms with Crippen LogP contribution in [-0.4, -0.2) is 12.3 Å². The third kappa shape index (κ3) is 3.65. The summed E-state index contributed by atoms with van der Waals surface area (Å²) < 4.78 is 0. The van der Waals surface area contributed by atoms with E-state index in [9.17, 15) is 0 Å². The summed E-state index contributed by atoms with van der Waals surface area (Å²) in [6.45, 7) is 12.3. The molecule has 1 aliphatic carbocycles. The lowest BCUT2D eigenvalue weighted by Gasteiger charge is -2.29. The average molecular weight is 193 g/mol. The zero-order valence-electron chi connectivity index (χ0n) is 10.2. The standard InChI is InChI=1S/C13H23N/c1-10(2)9-14-12-6-11(3)7-13(4,5)8-12/h6,10H,7-9H2,1-5H3. The van der Waals surface area contributed by atoms with Gasteiger partial charge in [0, 0.05) is 12.3 Å². The molecule has 1 nitrogen and oxygen atoms in total. The van der Waals surface area contributed by atoms with Crippen LogP contribution in [0.5, 0.6) is 0 Å². The molecule has 1 aliphatic rings. The third-order valence-corrected chi connectivity index (χ3v) is 2.49. The molecule has 0 heterocycles. The number of hydrogen-bond donors (Lipinski definition) is 0. The van der Waals surface area contributed by atoms with Crippen molar-refractivity contribution in [1.82, 2.24) is 0 Å². The van der Waals surface area contributed by atoms with E-state index in [-0.39, 0.29) is 0 Å². The van der Waals surface area contributed by atoms with E-state index in [2.05, 4.69) is 45.7 Å². The van der Waals surface area contributed by atoms with Gasteiger partial charge >= 0.3 is 0 Å². The van der Waals surface area contributed by atoms with Crippen molar-refractivity contribution in [2.24, 2.45) is 16.3 Å². The van der Waals surface area contributed by atoms with Crippen LogP contribution in [0, 0.1) is 11.3 Å². The monoisotopic (exact) mass is 193 g/mol. The Morgan fingerprint density at radius 1 is 1.36 bits per heavy atom. The maximum Gasteiger partial charge on any atom is 0.0415 e. The summed E-state index contributed by atoms with van der Waals surface area (Å²) in [5, 5.41) is 0. The van der Waals surface area contributed by atoms with Gasteiger partial charge in [-0.1, -0.05) is 33.3 Å². The second-order valence-corrected chi connectivity index (χ2v) is 5.73. The Labute approximate surface area is 88.3 Å². The van der Waals surface area contributed by atoms with Gasteiger partial charge in [0.15, 0.2) is 0 Å². The van der Waals surface area contributed by atoms with Gasteiger partial charge in [0.1, 0.15) is 0 Å². The molecule has 0 bridgehead atoms. The van der Waals surface area contributed by atoms with Crippen LogP contribution in [0.25, 0.3) is 0 Å². The Balaban J connectivity index is 2.71. The number of rotatable bonds is 2. The average Bonchev–Trinajstić information content (AvgIpc) is 1.96. The van der Waals surface area contributed by atoms with Crippen molar-refractivity contribution in [2.75, 3.05) is 6.54 Å². The van der Waals surface area contributed by atoms with Gasteiger partial charge in [-0.25, -0.2) is 0 Å². The normalized spacial score (nSPS) is 24.1. The predicted molar refractivity (Wildman–Crippen MR) is 63.9 cm³/mol. The van der Waals surface area contributed by atoms with E-state index in [1.54, 1.807) is 0 Å². The first-order valence-corrected chi connectivity index (χ1v) is 5.59. The van der Waals surface area contributed by atoms with Crippen LogP contribution in [0.2, 0.25) is 0 Å². The maximum absolute atomic E-state index is 4.67. The molecule has 0 atom stereocenters. The lowest BCUT2D eigenvalue weighted by Crippen LogP contribution is -2.21. The number of allylic oxidation sites excluding steroid dienone is 2. The fourth-order valence-electron chi connectivity index (χ4n) is 2.10. The summed E-state index contributed by atoms with van der Waals surface area (Å²) in [5.74, 6) is 0.668. The molecule has 0 unspecified atom stereocenters. The summed E-state index contributed by atoms with van der Waals surface area (Å²) >= 11 is 0. The fraction of sp³-hybridized carbons (Fsp3) is 0.769. The SMILES string of the molecule is CC1=CC(=NCC(C)C)CC(C)(C)C1. The smallest absolute Gasteiger partial charge is 0.0415 e. The summed E-state index contributed by atoms with van der Waals surface area (Å²) in [6.07, 6.45) is 4.62. The molecule has 1 rings (SSSR count). The van der Waals surface area contributed by atoms with E-state index in [1.807, 2.05) is 0 Å². The van der Waals surface area contributed by atoms with E-state index in [4.69, 9.17) is 0 Å². The number of hydrogen-bond acceptors (Lipinski definition) is 1. The van der Waals surface area contributed by atoms with Crippen LogP contribution >= 0.6 is 0 Å². The highest BCUT2D eigenvalue weighted by molar-refractivity contribution is 5.96. The molecule has 0 fully saturated rings. The van der Waals surface area contributed by atoms with Crippen molar-refractivity contribution >= 4 is 5.71 Å². The zero-order chi connectivity index (χ0) is 10.8. The second kappa shape index (κ2) is 4.29. The minimum absolute atomic E-state index is 0.411.